The fourth-order valence-corrected chi connectivity index (χ4v) is 2.65. The molecule has 106 valence electrons. The molecule has 2 rings (SSSR count). The molecule has 0 bridgehead atoms. The molecule has 2 unspecified atom stereocenters. The molecule has 1 fully saturated rings. The maximum Gasteiger partial charge on any atom is 0.372 e. The van der Waals surface area contributed by atoms with Crippen molar-refractivity contribution in [3.05, 3.63) is 23.2 Å². The molecule has 1 aliphatic rings. The van der Waals surface area contributed by atoms with E-state index in [0.717, 1.165) is 25.8 Å². The van der Waals surface area contributed by atoms with Gasteiger partial charge >= 0.3 is 5.97 Å². The summed E-state index contributed by atoms with van der Waals surface area (Å²) in [6.07, 6.45) is 4.00. The van der Waals surface area contributed by atoms with Crippen LogP contribution in [0.1, 0.15) is 47.6 Å². The van der Waals surface area contributed by atoms with Gasteiger partial charge in [0.25, 0.3) is 0 Å². The molecule has 0 saturated heterocycles. The second-order valence-electron chi connectivity index (χ2n) is 5.27. The van der Waals surface area contributed by atoms with Crippen molar-refractivity contribution in [3.8, 4) is 0 Å². The minimum atomic E-state index is -1.04. The lowest BCUT2D eigenvalue weighted by atomic mass is 9.86. The first-order valence-electron chi connectivity index (χ1n) is 6.79. The Kier molecular flexibility index (Phi) is 4.61. The fourth-order valence-electron chi connectivity index (χ4n) is 2.65. The largest absolute Gasteiger partial charge is 0.475 e. The molecule has 0 aromatic carbocycles. The lowest BCUT2D eigenvalue weighted by Gasteiger charge is -2.27. The molecular weight excluding hydrogens is 246 g/mol. The van der Waals surface area contributed by atoms with E-state index in [1.807, 2.05) is 0 Å². The zero-order valence-corrected chi connectivity index (χ0v) is 11.2. The summed E-state index contributed by atoms with van der Waals surface area (Å²) in [6, 6.07) is 1.74. The quantitative estimate of drug-likeness (QED) is 0.759. The number of aromatic carboxylic acids is 1. The van der Waals surface area contributed by atoms with Crippen molar-refractivity contribution in [2.24, 2.45) is 5.92 Å². The summed E-state index contributed by atoms with van der Waals surface area (Å²) in [7, 11) is 0. The number of carboxylic acids is 1. The Hall–Kier alpha value is -1.33. The average molecular weight is 267 g/mol. The van der Waals surface area contributed by atoms with Crippen LogP contribution in [-0.4, -0.2) is 28.8 Å². The van der Waals surface area contributed by atoms with Gasteiger partial charge in [-0.3, -0.25) is 0 Å². The van der Waals surface area contributed by atoms with Crippen LogP contribution in [0, 0.1) is 12.8 Å². The molecule has 5 heteroatoms. The number of hydrogen-bond acceptors (Lipinski definition) is 4. The smallest absolute Gasteiger partial charge is 0.372 e. The molecule has 3 N–H and O–H groups in total. The van der Waals surface area contributed by atoms with Crippen molar-refractivity contribution in [1.29, 1.82) is 0 Å². The standard InChI is InChI=1S/C14H21NO4/c1-9-6-11(19-13(9)14(17)18)8-15-7-10-4-2-3-5-12(10)16/h6,10,12,15-16H,2-5,7-8H2,1H3,(H,17,18). The SMILES string of the molecule is Cc1cc(CNCC2CCCCC2O)oc1C(=O)O. The number of nitrogens with one attached hydrogen (secondary N) is 1. The summed E-state index contributed by atoms with van der Waals surface area (Å²) < 4.78 is 5.27. The van der Waals surface area contributed by atoms with Crippen molar-refractivity contribution < 1.29 is 19.4 Å². The summed E-state index contributed by atoms with van der Waals surface area (Å²) in [5.41, 5.74) is 0.641. The number of carbonyl (C=O) groups is 1. The number of furan rings is 1. The van der Waals surface area contributed by atoms with E-state index >= 15 is 0 Å². The Morgan fingerprint density at radius 2 is 2.21 bits per heavy atom. The van der Waals surface area contributed by atoms with Crippen LogP contribution in [0.3, 0.4) is 0 Å². The van der Waals surface area contributed by atoms with E-state index in [-0.39, 0.29) is 11.9 Å². The third kappa shape index (κ3) is 3.58. The van der Waals surface area contributed by atoms with Gasteiger partial charge in [-0.2, -0.15) is 0 Å². The maximum atomic E-state index is 10.9. The number of carboxylic acid groups (broad SMARTS) is 1. The molecule has 0 aliphatic heterocycles. The van der Waals surface area contributed by atoms with E-state index in [9.17, 15) is 9.90 Å². The van der Waals surface area contributed by atoms with Gasteiger partial charge in [-0.05, 0) is 31.7 Å². The van der Waals surface area contributed by atoms with Crippen LogP contribution in [0.2, 0.25) is 0 Å². The van der Waals surface area contributed by atoms with Gasteiger partial charge in [-0.15, -0.1) is 0 Å². The minimum absolute atomic E-state index is 0.00880. The Morgan fingerprint density at radius 3 is 2.84 bits per heavy atom. The van der Waals surface area contributed by atoms with Crippen molar-refractivity contribution in [2.75, 3.05) is 6.54 Å². The molecule has 1 saturated carbocycles. The van der Waals surface area contributed by atoms with Crippen molar-refractivity contribution in [1.82, 2.24) is 5.32 Å². The van der Waals surface area contributed by atoms with E-state index < -0.39 is 5.97 Å². The molecule has 0 spiro atoms. The molecule has 1 aliphatic carbocycles. The lowest BCUT2D eigenvalue weighted by molar-refractivity contribution is 0.0658. The molecule has 2 atom stereocenters. The van der Waals surface area contributed by atoms with Crippen LogP contribution in [0.5, 0.6) is 0 Å². The second-order valence-corrected chi connectivity index (χ2v) is 5.27. The molecule has 1 aromatic rings. The summed E-state index contributed by atoms with van der Waals surface area (Å²) in [6.45, 7) is 2.96. The third-order valence-electron chi connectivity index (χ3n) is 3.74. The molecule has 0 radical (unpaired) electrons. The third-order valence-corrected chi connectivity index (χ3v) is 3.74. The van der Waals surface area contributed by atoms with Crippen LogP contribution in [-0.2, 0) is 6.54 Å². The van der Waals surface area contributed by atoms with Gasteiger partial charge in [0, 0.05) is 12.1 Å². The van der Waals surface area contributed by atoms with Gasteiger partial charge in [0.15, 0.2) is 0 Å². The Balaban J connectivity index is 1.82. The average Bonchev–Trinajstić information content (AvgIpc) is 2.73. The van der Waals surface area contributed by atoms with Gasteiger partial charge in [-0.1, -0.05) is 12.8 Å². The summed E-state index contributed by atoms with van der Waals surface area (Å²) in [4.78, 5) is 10.9. The van der Waals surface area contributed by atoms with Gasteiger partial charge in [0.05, 0.1) is 12.6 Å². The second kappa shape index (κ2) is 6.21. The summed E-state index contributed by atoms with van der Waals surface area (Å²) >= 11 is 0. The number of aliphatic hydroxyl groups excluding tert-OH is 1. The van der Waals surface area contributed by atoms with E-state index in [1.165, 1.54) is 6.42 Å². The number of hydrogen-bond donors (Lipinski definition) is 3. The molecule has 1 aromatic heterocycles. The van der Waals surface area contributed by atoms with Crippen LogP contribution < -0.4 is 5.32 Å². The first kappa shape index (κ1) is 14.1. The topological polar surface area (TPSA) is 82.7 Å². The van der Waals surface area contributed by atoms with Gasteiger partial charge in [0.2, 0.25) is 5.76 Å². The van der Waals surface area contributed by atoms with Gasteiger partial charge < -0.3 is 19.9 Å². The van der Waals surface area contributed by atoms with Gasteiger partial charge in [0.1, 0.15) is 5.76 Å². The first-order valence-corrected chi connectivity index (χ1v) is 6.79. The minimum Gasteiger partial charge on any atom is -0.475 e. The normalized spacial score (nSPS) is 23.5. The van der Waals surface area contributed by atoms with Crippen molar-refractivity contribution in [2.45, 2.75) is 45.3 Å². The lowest BCUT2D eigenvalue weighted by Crippen LogP contribution is -2.33. The van der Waals surface area contributed by atoms with Crippen LogP contribution in [0.4, 0.5) is 0 Å². The monoisotopic (exact) mass is 267 g/mol. The van der Waals surface area contributed by atoms with Crippen LogP contribution >= 0.6 is 0 Å². The Bertz CT molecular complexity index is 441. The summed E-state index contributed by atoms with van der Waals surface area (Å²) in [5.74, 6) is -0.107. The van der Waals surface area contributed by atoms with Crippen molar-refractivity contribution >= 4 is 5.97 Å². The Morgan fingerprint density at radius 1 is 1.47 bits per heavy atom. The maximum absolute atomic E-state index is 10.9. The van der Waals surface area contributed by atoms with E-state index in [4.69, 9.17) is 9.52 Å². The van der Waals surface area contributed by atoms with E-state index in [1.54, 1.807) is 13.0 Å². The highest BCUT2D eigenvalue weighted by Gasteiger charge is 2.22. The number of aliphatic hydroxyl groups is 1. The highest BCUT2D eigenvalue weighted by molar-refractivity contribution is 5.86. The highest BCUT2D eigenvalue weighted by atomic mass is 16.4. The molecule has 5 nitrogen and oxygen atoms in total. The fraction of sp³-hybridized carbons (Fsp3) is 0.643. The summed E-state index contributed by atoms with van der Waals surface area (Å²) in [5, 5.41) is 22.0. The number of aryl methyl sites for hydroxylation is 1. The Labute approximate surface area is 112 Å². The zero-order valence-electron chi connectivity index (χ0n) is 11.2. The van der Waals surface area contributed by atoms with E-state index in [0.29, 0.717) is 23.8 Å². The van der Waals surface area contributed by atoms with Crippen molar-refractivity contribution in [3.63, 3.8) is 0 Å². The molecule has 0 amide bonds. The first-order chi connectivity index (χ1) is 9.08. The number of rotatable bonds is 5. The molecule has 1 heterocycles. The predicted octanol–water partition coefficient (Wildman–Crippen LogP) is 1.93. The van der Waals surface area contributed by atoms with E-state index in [2.05, 4.69) is 5.32 Å². The molecular formula is C14H21NO4. The predicted molar refractivity (Wildman–Crippen MR) is 70.1 cm³/mol. The van der Waals surface area contributed by atoms with Gasteiger partial charge in [-0.25, -0.2) is 4.79 Å². The highest BCUT2D eigenvalue weighted by Crippen LogP contribution is 2.23. The van der Waals surface area contributed by atoms with Crippen LogP contribution in [0.25, 0.3) is 0 Å². The zero-order chi connectivity index (χ0) is 13.8. The molecule has 19 heavy (non-hydrogen) atoms. The van der Waals surface area contributed by atoms with Crippen LogP contribution in [0.15, 0.2) is 10.5 Å².